The van der Waals surface area contributed by atoms with Crippen LogP contribution < -0.4 is 20.5 Å². The van der Waals surface area contributed by atoms with Crippen LogP contribution in [0.4, 0.5) is 5.69 Å². The molecule has 0 aliphatic rings. The van der Waals surface area contributed by atoms with Crippen LogP contribution in [0.3, 0.4) is 0 Å². The molecule has 2 aromatic carbocycles. The van der Waals surface area contributed by atoms with Crippen molar-refractivity contribution in [2.45, 2.75) is 6.92 Å². The molecule has 9 heteroatoms. The highest BCUT2D eigenvalue weighted by molar-refractivity contribution is 6.05. The minimum Gasteiger partial charge on any atom is -0.493 e. The van der Waals surface area contributed by atoms with Gasteiger partial charge in [0.15, 0.2) is 22.8 Å². The number of nitrogens with two attached hydrogens (primary N) is 1. The number of anilines is 1. The van der Waals surface area contributed by atoms with Gasteiger partial charge in [-0.15, -0.1) is 0 Å². The van der Waals surface area contributed by atoms with Crippen molar-refractivity contribution in [1.82, 2.24) is 14.4 Å². The van der Waals surface area contributed by atoms with Gasteiger partial charge >= 0.3 is 0 Å². The summed E-state index contributed by atoms with van der Waals surface area (Å²) < 4.78 is 12.1. The number of primary amides is 1. The zero-order valence-electron chi connectivity index (χ0n) is 17.7. The van der Waals surface area contributed by atoms with Crippen LogP contribution in [-0.4, -0.2) is 40.4 Å². The summed E-state index contributed by atoms with van der Waals surface area (Å²) in [6.45, 7) is 1.84. The van der Waals surface area contributed by atoms with Crippen LogP contribution in [0.2, 0.25) is 0 Å². The molecule has 2 heterocycles. The largest absolute Gasteiger partial charge is 0.493 e. The third-order valence-electron chi connectivity index (χ3n) is 5.02. The first-order valence-electron chi connectivity index (χ1n) is 9.70. The molecule has 0 aliphatic heterocycles. The number of methoxy groups -OCH3 is 2. The lowest BCUT2D eigenvalue weighted by molar-refractivity contribution is 0.0993. The van der Waals surface area contributed by atoms with E-state index in [1.54, 1.807) is 25.3 Å². The van der Waals surface area contributed by atoms with Crippen molar-refractivity contribution in [2.75, 3.05) is 19.5 Å². The molecule has 0 saturated heterocycles. The number of fused-ring (bicyclic) bond motifs is 1. The lowest BCUT2D eigenvalue weighted by Gasteiger charge is -2.14. The maximum absolute atomic E-state index is 13.3. The normalized spacial score (nSPS) is 10.7. The van der Waals surface area contributed by atoms with Gasteiger partial charge in [0.1, 0.15) is 12.0 Å². The molecule has 162 valence electrons. The molecule has 3 N–H and O–H groups in total. The van der Waals surface area contributed by atoms with Crippen molar-refractivity contribution in [1.29, 1.82) is 0 Å². The van der Waals surface area contributed by atoms with Crippen molar-refractivity contribution in [2.24, 2.45) is 5.73 Å². The second-order valence-corrected chi connectivity index (χ2v) is 7.02. The molecule has 2 aromatic heterocycles. The van der Waals surface area contributed by atoms with Gasteiger partial charge in [0.05, 0.1) is 19.9 Å². The Morgan fingerprint density at radius 1 is 1.03 bits per heavy atom. The number of aryl methyl sites for hydroxylation is 1. The number of ether oxygens (including phenoxy) is 2. The van der Waals surface area contributed by atoms with Gasteiger partial charge in [-0.25, -0.2) is 9.97 Å². The molecule has 0 unspecified atom stereocenters. The molecule has 0 atom stereocenters. The molecule has 0 fully saturated rings. The Bertz CT molecular complexity index is 1330. The fourth-order valence-corrected chi connectivity index (χ4v) is 3.38. The van der Waals surface area contributed by atoms with E-state index in [4.69, 9.17) is 15.2 Å². The van der Waals surface area contributed by atoms with Crippen molar-refractivity contribution in [3.05, 3.63) is 71.8 Å². The van der Waals surface area contributed by atoms with E-state index in [1.807, 2.05) is 37.3 Å². The summed E-state index contributed by atoms with van der Waals surface area (Å²) in [6, 6.07) is 14.4. The molecule has 0 bridgehead atoms. The highest BCUT2D eigenvalue weighted by Crippen LogP contribution is 2.33. The fraction of sp³-hybridized carbons (Fsp3) is 0.130. The van der Waals surface area contributed by atoms with Crippen molar-refractivity contribution in [3.63, 3.8) is 0 Å². The summed E-state index contributed by atoms with van der Waals surface area (Å²) in [7, 11) is 3.07. The van der Waals surface area contributed by atoms with Gasteiger partial charge in [0.25, 0.3) is 11.8 Å². The van der Waals surface area contributed by atoms with E-state index in [0.717, 1.165) is 11.1 Å². The van der Waals surface area contributed by atoms with E-state index in [0.29, 0.717) is 22.9 Å². The maximum atomic E-state index is 13.3. The van der Waals surface area contributed by atoms with Crippen LogP contribution in [0.5, 0.6) is 11.5 Å². The number of aromatic nitrogens is 3. The first-order chi connectivity index (χ1) is 15.4. The number of benzene rings is 2. The third kappa shape index (κ3) is 3.71. The summed E-state index contributed by atoms with van der Waals surface area (Å²) >= 11 is 0. The molecule has 0 radical (unpaired) electrons. The Kier molecular flexibility index (Phi) is 5.46. The highest BCUT2D eigenvalue weighted by Gasteiger charge is 2.20. The van der Waals surface area contributed by atoms with E-state index < -0.39 is 11.8 Å². The van der Waals surface area contributed by atoms with E-state index in [1.165, 1.54) is 17.8 Å². The van der Waals surface area contributed by atoms with E-state index >= 15 is 0 Å². The number of rotatable bonds is 6. The monoisotopic (exact) mass is 431 g/mol. The van der Waals surface area contributed by atoms with Crippen LogP contribution >= 0.6 is 0 Å². The number of amides is 2. The quantitative estimate of drug-likeness (QED) is 0.484. The SMILES string of the molecule is COc1cc(C)c(NC(=O)c2cc(-c3ccccc3)nc3c(C(N)=O)ncn23)cc1OC. The summed E-state index contributed by atoms with van der Waals surface area (Å²) in [5.74, 6) is -0.108. The fourth-order valence-electron chi connectivity index (χ4n) is 3.38. The molecule has 32 heavy (non-hydrogen) atoms. The summed E-state index contributed by atoms with van der Waals surface area (Å²) in [6.07, 6.45) is 1.35. The van der Waals surface area contributed by atoms with Crippen LogP contribution in [0.25, 0.3) is 16.9 Å². The van der Waals surface area contributed by atoms with Crippen LogP contribution in [-0.2, 0) is 0 Å². The van der Waals surface area contributed by atoms with Gasteiger partial charge in [-0.1, -0.05) is 30.3 Å². The smallest absolute Gasteiger partial charge is 0.272 e. The number of nitrogens with zero attached hydrogens (tertiary/aromatic N) is 3. The Labute approximate surface area is 183 Å². The summed E-state index contributed by atoms with van der Waals surface area (Å²) in [5, 5.41) is 2.89. The molecule has 4 aromatic rings. The maximum Gasteiger partial charge on any atom is 0.272 e. The number of nitrogens with one attached hydrogen (secondary N) is 1. The van der Waals surface area contributed by atoms with Crippen LogP contribution in [0, 0.1) is 6.92 Å². The standard InChI is InChI=1S/C23H21N5O4/c1-13-9-18(31-2)19(32-3)11-15(13)27-23(30)17-10-16(14-7-5-4-6-8-14)26-22-20(21(24)29)25-12-28(17)22/h4-12H,1-3H3,(H2,24,29)(H,27,30). The van der Waals surface area contributed by atoms with Crippen molar-refractivity contribution in [3.8, 4) is 22.8 Å². The zero-order valence-corrected chi connectivity index (χ0v) is 17.7. The van der Waals surface area contributed by atoms with E-state index in [2.05, 4.69) is 15.3 Å². The molecule has 4 rings (SSSR count). The predicted molar refractivity (Wildman–Crippen MR) is 119 cm³/mol. The van der Waals surface area contributed by atoms with Crippen LogP contribution in [0.15, 0.2) is 54.9 Å². The van der Waals surface area contributed by atoms with E-state index in [-0.39, 0.29) is 17.0 Å². The number of imidazole rings is 1. The predicted octanol–water partition coefficient (Wildman–Crippen LogP) is 3.07. The zero-order chi connectivity index (χ0) is 22.8. The molecule has 0 spiro atoms. The molecule has 2 amide bonds. The third-order valence-corrected chi connectivity index (χ3v) is 5.02. The van der Waals surface area contributed by atoms with Gasteiger partial charge in [-0.3, -0.25) is 14.0 Å². The first-order valence-corrected chi connectivity index (χ1v) is 9.70. The average molecular weight is 431 g/mol. The number of hydrogen-bond acceptors (Lipinski definition) is 6. The Morgan fingerprint density at radius 3 is 2.38 bits per heavy atom. The minimum absolute atomic E-state index is 0.0147. The summed E-state index contributed by atoms with van der Waals surface area (Å²) in [5.41, 5.74) is 8.51. The second-order valence-electron chi connectivity index (χ2n) is 7.02. The molecule has 0 saturated carbocycles. The lowest BCUT2D eigenvalue weighted by atomic mass is 10.1. The number of hydrogen-bond donors (Lipinski definition) is 2. The molecule has 0 aliphatic carbocycles. The van der Waals surface area contributed by atoms with Gasteiger partial charge < -0.3 is 20.5 Å². The van der Waals surface area contributed by atoms with Gasteiger partial charge in [-0.2, -0.15) is 0 Å². The summed E-state index contributed by atoms with van der Waals surface area (Å²) in [4.78, 5) is 33.8. The van der Waals surface area contributed by atoms with Crippen LogP contribution in [0.1, 0.15) is 26.5 Å². The minimum atomic E-state index is -0.729. The molecular formula is C23H21N5O4. The Balaban J connectivity index is 1.83. The molecular weight excluding hydrogens is 410 g/mol. The number of carbonyl (C=O) groups is 2. The lowest BCUT2D eigenvalue weighted by Crippen LogP contribution is -2.18. The van der Waals surface area contributed by atoms with E-state index in [9.17, 15) is 9.59 Å². The van der Waals surface area contributed by atoms with Crippen molar-refractivity contribution < 1.29 is 19.1 Å². The van der Waals surface area contributed by atoms with Gasteiger partial charge in [-0.05, 0) is 24.6 Å². The first kappa shape index (κ1) is 20.9. The van der Waals surface area contributed by atoms with Gasteiger partial charge in [0.2, 0.25) is 0 Å². The molecule has 9 nitrogen and oxygen atoms in total. The highest BCUT2D eigenvalue weighted by atomic mass is 16.5. The number of carbonyl (C=O) groups excluding carboxylic acids is 2. The Morgan fingerprint density at radius 2 is 1.72 bits per heavy atom. The topological polar surface area (TPSA) is 121 Å². The average Bonchev–Trinajstić information content (AvgIpc) is 3.24. The second kappa shape index (κ2) is 8.38. The Hall–Kier alpha value is -4.40. The van der Waals surface area contributed by atoms with Crippen molar-refractivity contribution >= 4 is 23.1 Å². The van der Waals surface area contributed by atoms with Gasteiger partial charge in [0, 0.05) is 17.3 Å².